The second-order valence-electron chi connectivity index (χ2n) is 10.1. The van der Waals surface area contributed by atoms with Crippen LogP contribution in [0.15, 0.2) is 42.5 Å². The number of esters is 1. The first-order valence-corrected chi connectivity index (χ1v) is 12.4. The zero-order valence-corrected chi connectivity index (χ0v) is 22.9. The van der Waals surface area contributed by atoms with Crippen molar-refractivity contribution < 1.29 is 23.8 Å². The molecule has 0 atom stereocenters. The summed E-state index contributed by atoms with van der Waals surface area (Å²) in [6.07, 6.45) is 1.30. The van der Waals surface area contributed by atoms with Gasteiger partial charge in [0.15, 0.2) is 11.5 Å². The van der Waals surface area contributed by atoms with E-state index >= 15 is 0 Å². The van der Waals surface area contributed by atoms with E-state index in [-0.39, 0.29) is 17.8 Å². The van der Waals surface area contributed by atoms with Gasteiger partial charge in [0, 0.05) is 23.5 Å². The van der Waals surface area contributed by atoms with Crippen molar-refractivity contribution in [3.8, 4) is 22.6 Å². The van der Waals surface area contributed by atoms with E-state index in [2.05, 4.69) is 37.5 Å². The van der Waals surface area contributed by atoms with Gasteiger partial charge in [-0.15, -0.1) is 0 Å². The summed E-state index contributed by atoms with van der Waals surface area (Å²) in [7, 11) is 4.60. The number of hydrogen-bond acceptors (Lipinski definition) is 5. The molecule has 0 bridgehead atoms. The van der Waals surface area contributed by atoms with Gasteiger partial charge in [-0.1, -0.05) is 51.1 Å². The van der Waals surface area contributed by atoms with Crippen LogP contribution in [0.2, 0.25) is 0 Å². The number of aryl methyl sites for hydroxylation is 1. The maximum absolute atomic E-state index is 12.7. The van der Waals surface area contributed by atoms with E-state index < -0.39 is 5.91 Å². The molecule has 0 unspecified atom stereocenters. The molecule has 1 aromatic heterocycles. The standard InChI is InChI=1S/C30H38N2O5/c1-19-27(29(31)34)28(21-9-11-22(12-10-21)30(2,3)4)23(13-15-26(33)37-7)32(19)17-16-20-8-14-24(35-5)25(18-20)36-6/h8-12,14,18H,13,15-17H2,1-7H3,(H2,31,34). The Labute approximate surface area is 219 Å². The zero-order chi connectivity index (χ0) is 27.3. The second kappa shape index (κ2) is 11.5. The number of nitrogens with zero attached hydrogens (tertiary/aromatic N) is 1. The molecule has 0 aliphatic rings. The van der Waals surface area contributed by atoms with Gasteiger partial charge in [0.25, 0.3) is 5.91 Å². The molecule has 0 saturated carbocycles. The van der Waals surface area contributed by atoms with E-state index in [1.807, 2.05) is 37.3 Å². The second-order valence-corrected chi connectivity index (χ2v) is 10.1. The molecule has 37 heavy (non-hydrogen) atoms. The molecule has 3 rings (SSSR count). The number of methoxy groups -OCH3 is 3. The number of benzene rings is 2. The van der Waals surface area contributed by atoms with E-state index in [0.29, 0.717) is 36.4 Å². The number of primary amides is 1. The summed E-state index contributed by atoms with van der Waals surface area (Å²) in [6.45, 7) is 8.98. The highest BCUT2D eigenvalue weighted by atomic mass is 16.5. The minimum absolute atomic E-state index is 0.0000302. The Kier molecular flexibility index (Phi) is 8.69. The Morgan fingerprint density at radius 3 is 2.11 bits per heavy atom. The molecule has 1 heterocycles. The summed E-state index contributed by atoms with van der Waals surface area (Å²) in [4.78, 5) is 24.8. The summed E-state index contributed by atoms with van der Waals surface area (Å²) < 4.78 is 17.8. The third-order valence-corrected chi connectivity index (χ3v) is 6.78. The molecule has 7 nitrogen and oxygen atoms in total. The topological polar surface area (TPSA) is 92.8 Å². The monoisotopic (exact) mass is 506 g/mol. The molecular formula is C30H38N2O5. The van der Waals surface area contributed by atoms with Gasteiger partial charge >= 0.3 is 5.97 Å². The van der Waals surface area contributed by atoms with Gasteiger partial charge in [-0.2, -0.15) is 0 Å². The third kappa shape index (κ3) is 6.16. The first kappa shape index (κ1) is 27.8. The molecule has 2 N–H and O–H groups in total. The predicted molar refractivity (Wildman–Crippen MR) is 145 cm³/mol. The molecule has 0 fully saturated rings. The number of ether oxygens (including phenoxy) is 3. The Morgan fingerprint density at radius 2 is 1.57 bits per heavy atom. The van der Waals surface area contributed by atoms with Crippen molar-refractivity contribution in [3.05, 3.63) is 70.5 Å². The third-order valence-electron chi connectivity index (χ3n) is 6.78. The van der Waals surface area contributed by atoms with Crippen molar-refractivity contribution in [2.75, 3.05) is 21.3 Å². The number of carbonyl (C=O) groups is 2. The van der Waals surface area contributed by atoms with E-state index in [1.165, 1.54) is 12.7 Å². The van der Waals surface area contributed by atoms with Crippen molar-refractivity contribution in [1.82, 2.24) is 4.57 Å². The summed E-state index contributed by atoms with van der Waals surface area (Å²) in [5, 5.41) is 0. The SMILES string of the molecule is COC(=O)CCc1c(-c2ccc(C(C)(C)C)cc2)c(C(N)=O)c(C)n1CCc1ccc(OC)c(OC)c1. The quantitative estimate of drug-likeness (QED) is 0.380. The summed E-state index contributed by atoms with van der Waals surface area (Å²) in [5.41, 5.74) is 12.0. The normalized spacial score (nSPS) is 11.3. The predicted octanol–water partition coefficient (Wildman–Crippen LogP) is 5.23. The minimum atomic E-state index is -0.489. The molecule has 7 heteroatoms. The van der Waals surface area contributed by atoms with Crippen LogP contribution in [0.5, 0.6) is 11.5 Å². The molecule has 2 aromatic carbocycles. The lowest BCUT2D eigenvalue weighted by molar-refractivity contribution is -0.140. The molecule has 198 valence electrons. The van der Waals surface area contributed by atoms with Crippen LogP contribution in [0.3, 0.4) is 0 Å². The van der Waals surface area contributed by atoms with Crippen LogP contribution >= 0.6 is 0 Å². The van der Waals surface area contributed by atoms with Gasteiger partial charge in [0.1, 0.15) is 0 Å². The molecule has 0 spiro atoms. The zero-order valence-electron chi connectivity index (χ0n) is 22.9. The summed E-state index contributed by atoms with van der Waals surface area (Å²) in [6, 6.07) is 14.1. The number of amides is 1. The van der Waals surface area contributed by atoms with Gasteiger partial charge in [0.05, 0.1) is 33.3 Å². The molecule has 0 saturated heterocycles. The van der Waals surface area contributed by atoms with Gasteiger partial charge < -0.3 is 24.5 Å². The molecular weight excluding hydrogens is 468 g/mol. The average Bonchev–Trinajstić information content (AvgIpc) is 3.16. The fourth-order valence-corrected chi connectivity index (χ4v) is 4.71. The van der Waals surface area contributed by atoms with Crippen LogP contribution in [-0.2, 0) is 34.3 Å². The molecule has 0 aliphatic heterocycles. The largest absolute Gasteiger partial charge is 0.493 e. The lowest BCUT2D eigenvalue weighted by Gasteiger charge is -2.19. The van der Waals surface area contributed by atoms with Crippen molar-refractivity contribution >= 4 is 11.9 Å². The first-order chi connectivity index (χ1) is 17.5. The fourth-order valence-electron chi connectivity index (χ4n) is 4.71. The van der Waals surface area contributed by atoms with Gasteiger partial charge in [0.2, 0.25) is 0 Å². The smallest absolute Gasteiger partial charge is 0.305 e. The van der Waals surface area contributed by atoms with E-state index in [4.69, 9.17) is 19.9 Å². The van der Waals surface area contributed by atoms with Crippen LogP contribution in [0.1, 0.15) is 60.1 Å². The van der Waals surface area contributed by atoms with Crippen molar-refractivity contribution in [3.63, 3.8) is 0 Å². The molecule has 0 aliphatic carbocycles. The number of carbonyl (C=O) groups excluding carboxylic acids is 2. The van der Waals surface area contributed by atoms with Gasteiger partial charge in [-0.25, -0.2) is 0 Å². The maximum atomic E-state index is 12.7. The van der Waals surface area contributed by atoms with Crippen LogP contribution < -0.4 is 15.2 Å². The Morgan fingerprint density at radius 1 is 0.919 bits per heavy atom. The average molecular weight is 507 g/mol. The number of aromatic nitrogens is 1. The fraction of sp³-hybridized carbons (Fsp3) is 0.400. The van der Waals surface area contributed by atoms with Crippen LogP contribution in [0.25, 0.3) is 11.1 Å². The molecule has 3 aromatic rings. The Balaban J connectivity index is 2.10. The van der Waals surface area contributed by atoms with Crippen LogP contribution in [0.4, 0.5) is 0 Å². The summed E-state index contributed by atoms with van der Waals surface area (Å²) in [5.74, 6) is 0.531. The lowest BCUT2D eigenvalue weighted by atomic mass is 9.86. The Hall–Kier alpha value is -3.74. The van der Waals surface area contributed by atoms with Crippen molar-refractivity contribution in [2.24, 2.45) is 5.73 Å². The van der Waals surface area contributed by atoms with Crippen LogP contribution in [-0.4, -0.2) is 37.8 Å². The van der Waals surface area contributed by atoms with E-state index in [1.54, 1.807) is 14.2 Å². The van der Waals surface area contributed by atoms with Crippen molar-refractivity contribution in [2.45, 2.75) is 58.9 Å². The Bertz CT molecular complexity index is 1270. The maximum Gasteiger partial charge on any atom is 0.305 e. The number of hydrogen-bond donors (Lipinski definition) is 1. The van der Waals surface area contributed by atoms with Gasteiger partial charge in [-0.05, 0) is 54.0 Å². The highest BCUT2D eigenvalue weighted by molar-refractivity contribution is 6.02. The first-order valence-electron chi connectivity index (χ1n) is 12.4. The lowest BCUT2D eigenvalue weighted by Crippen LogP contribution is -2.14. The highest BCUT2D eigenvalue weighted by Gasteiger charge is 2.26. The van der Waals surface area contributed by atoms with E-state index in [9.17, 15) is 9.59 Å². The summed E-state index contributed by atoms with van der Waals surface area (Å²) >= 11 is 0. The molecule has 1 amide bonds. The molecule has 0 radical (unpaired) electrons. The van der Waals surface area contributed by atoms with E-state index in [0.717, 1.165) is 28.1 Å². The van der Waals surface area contributed by atoms with Crippen LogP contribution in [0, 0.1) is 6.92 Å². The number of nitrogens with two attached hydrogens (primary N) is 1. The minimum Gasteiger partial charge on any atom is -0.493 e. The highest BCUT2D eigenvalue weighted by Crippen LogP contribution is 2.36. The van der Waals surface area contributed by atoms with Gasteiger partial charge in [-0.3, -0.25) is 9.59 Å². The van der Waals surface area contributed by atoms with Crippen molar-refractivity contribution in [1.29, 1.82) is 0 Å². The number of rotatable bonds is 10.